The number of hydrogen-bond donors (Lipinski definition) is 0. The van der Waals surface area contributed by atoms with E-state index < -0.39 is 16.1 Å². The molecule has 0 aromatic rings. The summed E-state index contributed by atoms with van der Waals surface area (Å²) >= 11 is 0. The highest BCUT2D eigenvalue weighted by Gasteiger charge is 2.53. The summed E-state index contributed by atoms with van der Waals surface area (Å²) in [6.07, 6.45) is 5.09. The quantitative estimate of drug-likeness (QED) is 0.700. The molecule has 0 aliphatic carbocycles. The summed E-state index contributed by atoms with van der Waals surface area (Å²) in [4.78, 5) is 15.0. The number of ether oxygens (including phenoxy) is 1. The van der Waals surface area contributed by atoms with Crippen molar-refractivity contribution in [3.63, 3.8) is 0 Å². The highest BCUT2D eigenvalue weighted by atomic mass is 32.2. The van der Waals surface area contributed by atoms with Gasteiger partial charge in [0.15, 0.2) is 0 Å². The Morgan fingerprint density at radius 3 is 2.26 bits per heavy atom. The summed E-state index contributed by atoms with van der Waals surface area (Å²) in [6.45, 7) is 5.70. The minimum absolute atomic E-state index is 0.0260. The maximum absolute atomic E-state index is 13.1. The van der Waals surface area contributed by atoms with E-state index in [1.807, 2.05) is 18.7 Å². The van der Waals surface area contributed by atoms with Crippen molar-refractivity contribution >= 4 is 15.9 Å². The predicted octanol–water partition coefficient (Wildman–Crippen LogP) is 0.458. The van der Waals surface area contributed by atoms with Crippen LogP contribution in [0.2, 0.25) is 0 Å². The van der Waals surface area contributed by atoms with Crippen molar-refractivity contribution in [3.8, 4) is 0 Å². The first kappa shape index (κ1) is 15.6. The zero-order valence-corrected chi connectivity index (χ0v) is 14.4. The zero-order chi connectivity index (χ0) is 16.4. The summed E-state index contributed by atoms with van der Waals surface area (Å²) in [5.41, 5.74) is 0. The smallest absolute Gasteiger partial charge is 0.241 e. The lowest BCUT2D eigenvalue weighted by Crippen LogP contribution is -2.51. The fourth-order valence-electron chi connectivity index (χ4n) is 4.61. The Hall–Kier alpha value is -0.920. The number of nitrogens with zero attached hydrogens (tertiary/aromatic N) is 2. The Morgan fingerprint density at radius 2 is 1.78 bits per heavy atom. The third-order valence-corrected chi connectivity index (χ3v) is 7.63. The van der Waals surface area contributed by atoms with E-state index in [1.54, 1.807) is 0 Å². The van der Waals surface area contributed by atoms with E-state index in [-0.39, 0.29) is 29.8 Å². The minimum atomic E-state index is -3.28. The molecule has 23 heavy (non-hydrogen) atoms. The molecule has 0 aromatic carbocycles. The van der Waals surface area contributed by atoms with Crippen LogP contribution in [-0.4, -0.2) is 67.2 Å². The second kappa shape index (κ2) is 5.29. The molecule has 3 fully saturated rings. The highest BCUT2D eigenvalue weighted by molar-refractivity contribution is 7.89. The summed E-state index contributed by atoms with van der Waals surface area (Å²) in [6, 6.07) is -0.562. The summed E-state index contributed by atoms with van der Waals surface area (Å²) in [5.74, 6) is 0.853. The molecule has 128 valence electrons. The fourth-order valence-corrected chi connectivity index (χ4v) is 6.42. The van der Waals surface area contributed by atoms with Crippen molar-refractivity contribution in [1.82, 2.24) is 9.21 Å². The van der Waals surface area contributed by atoms with Gasteiger partial charge in [0.1, 0.15) is 6.04 Å². The number of amides is 1. The van der Waals surface area contributed by atoms with Crippen LogP contribution in [0.3, 0.4) is 0 Å². The zero-order valence-electron chi connectivity index (χ0n) is 13.6. The van der Waals surface area contributed by atoms with E-state index >= 15 is 0 Å². The molecule has 2 bridgehead atoms. The second-order valence-electron chi connectivity index (χ2n) is 7.49. The van der Waals surface area contributed by atoms with Gasteiger partial charge in [0.25, 0.3) is 0 Å². The topological polar surface area (TPSA) is 66.9 Å². The van der Waals surface area contributed by atoms with Gasteiger partial charge in [-0.05, 0) is 12.3 Å². The highest BCUT2D eigenvalue weighted by Crippen LogP contribution is 2.44. The molecule has 0 N–H and O–H groups in total. The largest absolute Gasteiger partial charge is 0.366 e. The molecule has 4 aliphatic heterocycles. The fraction of sp³-hybridized carbons (Fsp3) is 0.812. The number of carbonyl (C=O) groups excluding carboxylic acids is 1. The standard InChI is InChI=1S/C16H24N2O4S/c1-10(2)15(18-6-3-7-23(18,20)21)16(19)17-8-11-12(9-17)14-5-4-13(11)22-14/h4-5,10-15H,3,6-9H2,1-2H3. The lowest BCUT2D eigenvalue weighted by atomic mass is 9.86. The monoisotopic (exact) mass is 340 g/mol. The molecule has 7 heteroatoms. The van der Waals surface area contributed by atoms with Gasteiger partial charge in [-0.25, -0.2) is 8.42 Å². The van der Waals surface area contributed by atoms with Crippen LogP contribution in [0.15, 0.2) is 12.2 Å². The molecule has 6 nitrogen and oxygen atoms in total. The van der Waals surface area contributed by atoms with Crippen molar-refractivity contribution in [2.75, 3.05) is 25.4 Å². The van der Waals surface area contributed by atoms with E-state index in [0.29, 0.717) is 37.9 Å². The van der Waals surface area contributed by atoms with Gasteiger partial charge < -0.3 is 9.64 Å². The first-order valence-corrected chi connectivity index (χ1v) is 10.1. The van der Waals surface area contributed by atoms with Crippen LogP contribution in [0, 0.1) is 17.8 Å². The number of hydrogen-bond acceptors (Lipinski definition) is 4. The van der Waals surface area contributed by atoms with E-state index in [9.17, 15) is 13.2 Å². The molecule has 4 rings (SSSR count). The lowest BCUT2D eigenvalue weighted by molar-refractivity contribution is -0.136. The van der Waals surface area contributed by atoms with E-state index in [4.69, 9.17) is 4.74 Å². The van der Waals surface area contributed by atoms with Crippen LogP contribution in [-0.2, 0) is 19.6 Å². The lowest BCUT2D eigenvalue weighted by Gasteiger charge is -2.32. The Labute approximate surface area is 137 Å². The van der Waals surface area contributed by atoms with E-state index in [2.05, 4.69) is 12.2 Å². The molecular weight excluding hydrogens is 316 g/mol. The first-order chi connectivity index (χ1) is 10.9. The second-order valence-corrected chi connectivity index (χ2v) is 9.53. The van der Waals surface area contributed by atoms with Gasteiger partial charge in [-0.1, -0.05) is 26.0 Å². The van der Waals surface area contributed by atoms with Crippen LogP contribution in [0.4, 0.5) is 0 Å². The maximum atomic E-state index is 13.1. The predicted molar refractivity (Wildman–Crippen MR) is 85.1 cm³/mol. The van der Waals surface area contributed by atoms with Crippen molar-refractivity contribution in [3.05, 3.63) is 12.2 Å². The van der Waals surface area contributed by atoms with Gasteiger partial charge in [0, 0.05) is 31.5 Å². The summed E-state index contributed by atoms with van der Waals surface area (Å²) in [5, 5.41) is 0. The molecule has 5 unspecified atom stereocenters. The van der Waals surface area contributed by atoms with Crippen LogP contribution < -0.4 is 0 Å². The molecule has 0 spiro atoms. The van der Waals surface area contributed by atoms with Crippen LogP contribution in [0.25, 0.3) is 0 Å². The molecule has 4 aliphatic rings. The van der Waals surface area contributed by atoms with Crippen LogP contribution in [0.5, 0.6) is 0 Å². The van der Waals surface area contributed by atoms with Crippen molar-refractivity contribution in [1.29, 1.82) is 0 Å². The number of likely N-dealkylation sites (tertiary alicyclic amines) is 1. The average Bonchev–Trinajstić information content (AvgIpc) is 3.20. The van der Waals surface area contributed by atoms with Gasteiger partial charge in [-0.2, -0.15) is 4.31 Å². The summed E-state index contributed by atoms with van der Waals surface area (Å²) < 4.78 is 31.8. The number of sulfonamides is 1. The maximum Gasteiger partial charge on any atom is 0.241 e. The third kappa shape index (κ3) is 2.36. The Kier molecular flexibility index (Phi) is 3.59. The van der Waals surface area contributed by atoms with E-state index in [1.165, 1.54) is 4.31 Å². The van der Waals surface area contributed by atoms with Crippen molar-refractivity contribution in [2.24, 2.45) is 17.8 Å². The minimum Gasteiger partial charge on any atom is -0.366 e. The van der Waals surface area contributed by atoms with Gasteiger partial charge in [0.2, 0.25) is 15.9 Å². The van der Waals surface area contributed by atoms with Crippen LogP contribution in [0.1, 0.15) is 20.3 Å². The molecule has 5 atom stereocenters. The number of carbonyl (C=O) groups is 1. The number of rotatable bonds is 3. The molecule has 4 heterocycles. The van der Waals surface area contributed by atoms with Gasteiger partial charge >= 0.3 is 0 Å². The molecule has 1 amide bonds. The molecule has 0 aromatic heterocycles. The molecule has 0 saturated carbocycles. The van der Waals surface area contributed by atoms with Crippen molar-refractivity contribution in [2.45, 2.75) is 38.5 Å². The molecule has 0 radical (unpaired) electrons. The Bertz CT molecular complexity index is 624. The molecular formula is C16H24N2O4S. The van der Waals surface area contributed by atoms with Gasteiger partial charge in [-0.3, -0.25) is 4.79 Å². The SMILES string of the molecule is CC(C)C(C(=O)N1CC2C3C=CC(O3)C2C1)N1CCCS1(=O)=O. The van der Waals surface area contributed by atoms with E-state index in [0.717, 1.165) is 0 Å². The van der Waals surface area contributed by atoms with Gasteiger partial charge in [-0.15, -0.1) is 0 Å². The van der Waals surface area contributed by atoms with Crippen LogP contribution >= 0.6 is 0 Å². The molecule has 3 saturated heterocycles. The third-order valence-electron chi connectivity index (χ3n) is 5.71. The summed E-state index contributed by atoms with van der Waals surface area (Å²) in [7, 11) is -3.28. The normalized spacial score (nSPS) is 39.3. The first-order valence-electron chi connectivity index (χ1n) is 8.50. The van der Waals surface area contributed by atoms with Crippen molar-refractivity contribution < 1.29 is 17.9 Å². The average molecular weight is 340 g/mol. The number of fused-ring (bicyclic) bond motifs is 5. The Morgan fingerprint density at radius 1 is 1.17 bits per heavy atom. The Balaban J connectivity index is 1.53. The van der Waals surface area contributed by atoms with Gasteiger partial charge in [0.05, 0.1) is 18.0 Å².